The van der Waals surface area contributed by atoms with E-state index in [1.165, 1.54) is 11.6 Å². The molecule has 3 aromatic rings. The summed E-state index contributed by atoms with van der Waals surface area (Å²) in [6, 6.07) is 20.2. The maximum absolute atomic E-state index is 11.2. The standard InChI is InChI=1S/C21H17Cl2NO2.K/c22-18-12-9-15(13-19(18)23)6-5-14-7-10-16(11-8-14)24-20-4-2-1-3-17(20)21(25)26;/h1-4,7-13,24H,5-6H2,(H,25,26);/q;+1/p-1. The van der Waals surface area contributed by atoms with Crippen LogP contribution in [0.2, 0.25) is 10.0 Å². The molecule has 0 atom stereocenters. The first kappa shape index (κ1) is 22.4. The molecule has 0 bridgehead atoms. The van der Waals surface area contributed by atoms with Crippen LogP contribution in [-0.4, -0.2) is 5.97 Å². The molecule has 0 aliphatic heterocycles. The van der Waals surface area contributed by atoms with Crippen LogP contribution in [0, 0.1) is 0 Å². The van der Waals surface area contributed by atoms with Crippen molar-refractivity contribution >= 4 is 40.5 Å². The van der Waals surface area contributed by atoms with Gasteiger partial charge in [0.2, 0.25) is 0 Å². The number of anilines is 2. The molecule has 27 heavy (non-hydrogen) atoms. The van der Waals surface area contributed by atoms with E-state index < -0.39 is 5.97 Å². The molecule has 3 rings (SSSR count). The molecule has 0 saturated heterocycles. The van der Waals surface area contributed by atoms with Gasteiger partial charge in [-0.3, -0.25) is 0 Å². The van der Waals surface area contributed by atoms with Gasteiger partial charge in [0.05, 0.1) is 16.0 Å². The third kappa shape index (κ3) is 6.33. The molecule has 0 fully saturated rings. The van der Waals surface area contributed by atoms with Gasteiger partial charge >= 0.3 is 51.4 Å². The molecule has 0 amide bonds. The molecule has 0 aliphatic rings. The van der Waals surface area contributed by atoms with E-state index in [0.29, 0.717) is 15.7 Å². The smallest absolute Gasteiger partial charge is 0.545 e. The molecule has 0 saturated carbocycles. The van der Waals surface area contributed by atoms with Gasteiger partial charge in [0, 0.05) is 16.9 Å². The van der Waals surface area contributed by atoms with Crippen LogP contribution in [0.15, 0.2) is 66.7 Å². The van der Waals surface area contributed by atoms with Crippen molar-refractivity contribution in [3.63, 3.8) is 0 Å². The van der Waals surface area contributed by atoms with Gasteiger partial charge in [-0.25, -0.2) is 0 Å². The van der Waals surface area contributed by atoms with Gasteiger partial charge < -0.3 is 15.2 Å². The number of benzene rings is 3. The number of carboxylic acids is 1. The van der Waals surface area contributed by atoms with Crippen LogP contribution in [0.5, 0.6) is 0 Å². The molecule has 0 spiro atoms. The zero-order chi connectivity index (χ0) is 18.5. The number of para-hydroxylation sites is 1. The molecular weight excluding hydrogens is 408 g/mol. The minimum Gasteiger partial charge on any atom is -0.545 e. The van der Waals surface area contributed by atoms with Crippen LogP contribution >= 0.6 is 23.2 Å². The van der Waals surface area contributed by atoms with E-state index in [9.17, 15) is 9.90 Å². The fraction of sp³-hybridized carbons (Fsp3) is 0.0952. The topological polar surface area (TPSA) is 52.2 Å². The third-order valence-electron chi connectivity index (χ3n) is 4.07. The van der Waals surface area contributed by atoms with Crippen LogP contribution in [0.25, 0.3) is 0 Å². The van der Waals surface area contributed by atoms with E-state index in [2.05, 4.69) is 5.32 Å². The molecule has 3 nitrogen and oxygen atoms in total. The molecule has 0 unspecified atom stereocenters. The van der Waals surface area contributed by atoms with Crippen molar-refractivity contribution in [3.05, 3.63) is 93.5 Å². The number of carbonyl (C=O) groups is 1. The molecule has 0 aromatic heterocycles. The first-order valence-corrected chi connectivity index (χ1v) is 8.89. The minimum atomic E-state index is -1.20. The summed E-state index contributed by atoms with van der Waals surface area (Å²) < 4.78 is 0. The second-order valence-corrected chi connectivity index (χ2v) is 6.72. The summed E-state index contributed by atoms with van der Waals surface area (Å²) in [7, 11) is 0. The molecule has 1 N–H and O–H groups in total. The van der Waals surface area contributed by atoms with Crippen LogP contribution < -0.4 is 61.8 Å². The summed E-state index contributed by atoms with van der Waals surface area (Å²) in [6.45, 7) is 0. The Bertz CT molecular complexity index is 930. The Labute approximate surface area is 211 Å². The van der Waals surface area contributed by atoms with Gasteiger partial charge in [-0.1, -0.05) is 59.6 Å². The number of aromatic carboxylic acids is 1. The Hall–Kier alpha value is -0.854. The van der Waals surface area contributed by atoms with Gasteiger partial charge in [-0.05, 0) is 54.3 Å². The van der Waals surface area contributed by atoms with Crippen molar-refractivity contribution in [2.24, 2.45) is 0 Å². The number of aryl methyl sites for hydroxylation is 2. The minimum absolute atomic E-state index is 0. The fourth-order valence-corrected chi connectivity index (χ4v) is 2.98. The molecule has 0 radical (unpaired) electrons. The number of hydrogen-bond acceptors (Lipinski definition) is 3. The third-order valence-corrected chi connectivity index (χ3v) is 4.81. The Kier molecular flexibility index (Phi) is 8.83. The maximum atomic E-state index is 11.2. The van der Waals surface area contributed by atoms with Crippen LogP contribution in [0.1, 0.15) is 21.5 Å². The number of carboxylic acid groups (broad SMARTS) is 1. The summed E-state index contributed by atoms with van der Waals surface area (Å²) >= 11 is 12.0. The monoisotopic (exact) mass is 423 g/mol. The molecule has 6 heteroatoms. The molecule has 3 aromatic carbocycles. The zero-order valence-electron chi connectivity index (χ0n) is 14.8. The van der Waals surface area contributed by atoms with Crippen molar-refractivity contribution < 1.29 is 61.3 Å². The van der Waals surface area contributed by atoms with Gasteiger partial charge in [0.25, 0.3) is 0 Å². The van der Waals surface area contributed by atoms with Crippen molar-refractivity contribution in [2.75, 3.05) is 5.32 Å². The average Bonchev–Trinajstić information content (AvgIpc) is 2.64. The number of rotatable bonds is 6. The normalized spacial score (nSPS) is 10.1. The Morgan fingerprint density at radius 2 is 1.48 bits per heavy atom. The summed E-state index contributed by atoms with van der Waals surface area (Å²) in [4.78, 5) is 11.2. The summed E-state index contributed by atoms with van der Waals surface area (Å²) in [5.74, 6) is -1.20. The number of nitrogens with one attached hydrogen (secondary N) is 1. The average molecular weight is 424 g/mol. The fourth-order valence-electron chi connectivity index (χ4n) is 2.66. The van der Waals surface area contributed by atoms with Crippen LogP contribution in [-0.2, 0) is 12.8 Å². The van der Waals surface area contributed by atoms with E-state index in [-0.39, 0.29) is 56.9 Å². The summed E-state index contributed by atoms with van der Waals surface area (Å²) in [6.07, 6.45) is 1.73. The predicted octanol–water partition coefficient (Wildman–Crippen LogP) is 1.89. The zero-order valence-corrected chi connectivity index (χ0v) is 19.5. The van der Waals surface area contributed by atoms with Gasteiger partial charge in [-0.15, -0.1) is 0 Å². The van der Waals surface area contributed by atoms with Crippen LogP contribution in [0.4, 0.5) is 11.4 Å². The summed E-state index contributed by atoms with van der Waals surface area (Å²) in [5.41, 5.74) is 3.77. The van der Waals surface area contributed by atoms with Crippen LogP contribution in [0.3, 0.4) is 0 Å². The van der Waals surface area contributed by atoms with Crippen molar-refractivity contribution in [1.29, 1.82) is 0 Å². The Morgan fingerprint density at radius 1 is 0.852 bits per heavy atom. The number of halogens is 2. The largest absolute Gasteiger partial charge is 1.00 e. The van der Waals surface area contributed by atoms with E-state index in [4.69, 9.17) is 23.2 Å². The Balaban J connectivity index is 0.00000261. The number of carbonyl (C=O) groups excluding carboxylic acids is 1. The van der Waals surface area contributed by atoms with E-state index in [0.717, 1.165) is 24.1 Å². The van der Waals surface area contributed by atoms with E-state index in [1.807, 2.05) is 36.4 Å². The molecule has 0 heterocycles. The van der Waals surface area contributed by atoms with Gasteiger partial charge in [-0.2, -0.15) is 0 Å². The second-order valence-electron chi connectivity index (χ2n) is 5.90. The van der Waals surface area contributed by atoms with Crippen molar-refractivity contribution in [3.8, 4) is 0 Å². The van der Waals surface area contributed by atoms with Crippen molar-refractivity contribution in [1.82, 2.24) is 0 Å². The van der Waals surface area contributed by atoms with E-state index >= 15 is 0 Å². The second kappa shape index (κ2) is 10.6. The maximum Gasteiger partial charge on any atom is 1.00 e. The van der Waals surface area contributed by atoms with Crippen molar-refractivity contribution in [2.45, 2.75) is 12.8 Å². The molecule has 132 valence electrons. The number of hydrogen-bond donors (Lipinski definition) is 1. The van der Waals surface area contributed by atoms with E-state index in [1.54, 1.807) is 24.3 Å². The SMILES string of the molecule is O=C([O-])c1ccccc1Nc1ccc(CCc2ccc(Cl)c(Cl)c2)cc1.[K+]. The predicted molar refractivity (Wildman–Crippen MR) is 104 cm³/mol. The quantitative estimate of drug-likeness (QED) is 0.615. The first-order valence-electron chi connectivity index (χ1n) is 8.13. The summed E-state index contributed by atoms with van der Waals surface area (Å²) in [5, 5.41) is 15.4. The molecular formula is C21H16Cl2KNO2. The van der Waals surface area contributed by atoms with Gasteiger partial charge in [0.15, 0.2) is 0 Å². The molecule has 0 aliphatic carbocycles. The van der Waals surface area contributed by atoms with Gasteiger partial charge in [0.1, 0.15) is 0 Å². The Morgan fingerprint density at radius 3 is 2.15 bits per heavy atom. The first-order chi connectivity index (χ1) is 12.5.